The van der Waals surface area contributed by atoms with Gasteiger partial charge in [0.25, 0.3) is 0 Å². The van der Waals surface area contributed by atoms with Crippen molar-refractivity contribution in [2.24, 2.45) is 7.05 Å². The maximum Gasteiger partial charge on any atom is 0.170 e. The van der Waals surface area contributed by atoms with Crippen LogP contribution in [-0.2, 0) is 13.5 Å². The van der Waals surface area contributed by atoms with Gasteiger partial charge >= 0.3 is 0 Å². The summed E-state index contributed by atoms with van der Waals surface area (Å²) < 4.78 is 15.0. The van der Waals surface area contributed by atoms with E-state index in [2.05, 4.69) is 21.0 Å². The number of nitrogens with zero attached hydrogens (tertiary/aromatic N) is 2. The molecule has 0 aliphatic heterocycles. The number of hydrogen-bond donors (Lipinski definition) is 0. The summed E-state index contributed by atoms with van der Waals surface area (Å²) in [6.45, 7) is 0. The normalized spacial score (nSPS) is 10.5. The lowest BCUT2D eigenvalue weighted by Gasteiger charge is -2.01. The summed E-state index contributed by atoms with van der Waals surface area (Å²) in [6.07, 6.45) is 3.44. The van der Waals surface area contributed by atoms with Gasteiger partial charge < -0.3 is 0 Å². The summed E-state index contributed by atoms with van der Waals surface area (Å²) in [4.78, 5) is 11.9. The second-order valence-electron chi connectivity index (χ2n) is 3.75. The Hall–Kier alpha value is -1.49. The molecule has 0 amide bonds. The van der Waals surface area contributed by atoms with Crippen LogP contribution in [0.4, 0.5) is 4.39 Å². The molecule has 2 aromatic rings. The van der Waals surface area contributed by atoms with Crippen LogP contribution < -0.4 is 0 Å². The van der Waals surface area contributed by atoms with Crippen molar-refractivity contribution in [1.82, 2.24) is 9.78 Å². The second-order valence-corrected chi connectivity index (χ2v) is 4.61. The number of halogens is 2. The van der Waals surface area contributed by atoms with E-state index in [9.17, 15) is 9.18 Å². The largest absolute Gasteiger partial charge is 0.294 e. The number of aromatic nitrogens is 2. The SMILES string of the molecule is Cn1cc(C(=O)Cc2ccc(F)c(Br)c2)cn1. The van der Waals surface area contributed by atoms with Crippen LogP contribution in [0.2, 0.25) is 0 Å². The van der Waals surface area contributed by atoms with Crippen LogP contribution in [0.1, 0.15) is 15.9 Å². The number of benzene rings is 1. The van der Waals surface area contributed by atoms with Gasteiger partial charge in [0, 0.05) is 19.7 Å². The van der Waals surface area contributed by atoms with E-state index in [4.69, 9.17) is 0 Å². The van der Waals surface area contributed by atoms with E-state index < -0.39 is 0 Å². The first-order chi connectivity index (χ1) is 8.06. The molecule has 17 heavy (non-hydrogen) atoms. The highest BCUT2D eigenvalue weighted by molar-refractivity contribution is 9.10. The van der Waals surface area contributed by atoms with Crippen molar-refractivity contribution in [2.45, 2.75) is 6.42 Å². The van der Waals surface area contributed by atoms with Crippen molar-refractivity contribution in [2.75, 3.05) is 0 Å². The number of hydrogen-bond acceptors (Lipinski definition) is 2. The van der Waals surface area contributed by atoms with Crippen molar-refractivity contribution in [3.8, 4) is 0 Å². The molecule has 0 saturated heterocycles. The molecular weight excluding hydrogens is 287 g/mol. The van der Waals surface area contributed by atoms with E-state index in [0.29, 0.717) is 10.0 Å². The molecule has 3 nitrogen and oxygen atoms in total. The van der Waals surface area contributed by atoms with Gasteiger partial charge in [0.15, 0.2) is 5.78 Å². The average molecular weight is 297 g/mol. The minimum absolute atomic E-state index is 0.0309. The summed E-state index contributed by atoms with van der Waals surface area (Å²) in [5.74, 6) is -0.362. The lowest BCUT2D eigenvalue weighted by atomic mass is 10.1. The van der Waals surface area contributed by atoms with Gasteiger partial charge in [0.05, 0.1) is 16.2 Å². The Labute approximate surface area is 106 Å². The summed E-state index contributed by atoms with van der Waals surface area (Å²) in [5.41, 5.74) is 1.33. The van der Waals surface area contributed by atoms with Crippen molar-refractivity contribution in [3.63, 3.8) is 0 Å². The van der Waals surface area contributed by atoms with E-state index in [1.165, 1.54) is 12.3 Å². The average Bonchev–Trinajstić information content (AvgIpc) is 2.70. The molecule has 1 aromatic carbocycles. The van der Waals surface area contributed by atoms with E-state index in [1.54, 1.807) is 30.1 Å². The van der Waals surface area contributed by atoms with Gasteiger partial charge in [-0.25, -0.2) is 4.39 Å². The van der Waals surface area contributed by atoms with Gasteiger partial charge in [-0.3, -0.25) is 9.48 Å². The topological polar surface area (TPSA) is 34.9 Å². The Morgan fingerprint density at radius 1 is 1.53 bits per heavy atom. The summed E-state index contributed by atoms with van der Waals surface area (Å²) >= 11 is 3.09. The molecule has 0 aliphatic rings. The number of carbonyl (C=O) groups is 1. The van der Waals surface area contributed by atoms with Crippen LogP contribution in [-0.4, -0.2) is 15.6 Å². The predicted molar refractivity (Wildman–Crippen MR) is 65.3 cm³/mol. The second kappa shape index (κ2) is 4.79. The minimum atomic E-state index is -0.331. The summed E-state index contributed by atoms with van der Waals surface area (Å²) in [7, 11) is 1.76. The van der Waals surface area contributed by atoms with Crippen LogP contribution >= 0.6 is 15.9 Å². The quantitative estimate of drug-likeness (QED) is 0.817. The fraction of sp³-hybridized carbons (Fsp3) is 0.167. The van der Waals surface area contributed by atoms with Gasteiger partial charge in [-0.15, -0.1) is 0 Å². The smallest absolute Gasteiger partial charge is 0.170 e. The monoisotopic (exact) mass is 296 g/mol. The number of carbonyl (C=O) groups excluding carboxylic acids is 1. The van der Waals surface area contributed by atoms with E-state index >= 15 is 0 Å². The molecule has 1 aromatic heterocycles. The Morgan fingerprint density at radius 2 is 2.29 bits per heavy atom. The summed E-state index contributed by atoms with van der Waals surface area (Å²) in [5, 5.41) is 3.94. The van der Waals surface area contributed by atoms with Gasteiger partial charge in [-0.05, 0) is 33.6 Å². The van der Waals surface area contributed by atoms with Gasteiger partial charge in [0.2, 0.25) is 0 Å². The van der Waals surface area contributed by atoms with Crippen LogP contribution in [0.5, 0.6) is 0 Å². The number of aryl methyl sites for hydroxylation is 1. The highest BCUT2D eigenvalue weighted by Crippen LogP contribution is 2.18. The first-order valence-electron chi connectivity index (χ1n) is 5.02. The van der Waals surface area contributed by atoms with Gasteiger partial charge in [0.1, 0.15) is 5.82 Å². The molecule has 5 heteroatoms. The maximum absolute atomic E-state index is 13.0. The van der Waals surface area contributed by atoms with Gasteiger partial charge in [-0.2, -0.15) is 5.10 Å². The molecule has 2 rings (SSSR count). The molecule has 0 spiro atoms. The molecular formula is C12H10BrFN2O. The molecule has 0 unspecified atom stereocenters. The first-order valence-corrected chi connectivity index (χ1v) is 5.81. The lowest BCUT2D eigenvalue weighted by molar-refractivity contribution is 0.0993. The number of Topliss-reactive ketones (excluding diaryl/α,β-unsaturated/α-hetero) is 1. The van der Waals surface area contributed by atoms with Crippen molar-refractivity contribution in [3.05, 3.63) is 52.0 Å². The highest BCUT2D eigenvalue weighted by Gasteiger charge is 2.10. The van der Waals surface area contributed by atoms with Crippen molar-refractivity contribution in [1.29, 1.82) is 0 Å². The molecule has 0 radical (unpaired) electrons. The molecule has 0 N–H and O–H groups in total. The molecule has 1 heterocycles. The molecule has 0 aliphatic carbocycles. The van der Waals surface area contributed by atoms with Crippen LogP contribution in [0.15, 0.2) is 35.1 Å². The van der Waals surface area contributed by atoms with Crippen molar-refractivity contribution < 1.29 is 9.18 Å². The maximum atomic E-state index is 13.0. The fourth-order valence-corrected chi connectivity index (χ4v) is 1.93. The Kier molecular flexibility index (Phi) is 3.38. The molecule has 88 valence electrons. The van der Waals surface area contributed by atoms with E-state index in [1.807, 2.05) is 0 Å². The molecule has 0 saturated carbocycles. The first kappa shape index (κ1) is 12.0. The zero-order valence-corrected chi connectivity index (χ0v) is 10.7. The summed E-state index contributed by atoms with van der Waals surface area (Å²) in [6, 6.07) is 4.56. The number of rotatable bonds is 3. The third-order valence-electron chi connectivity index (χ3n) is 2.38. The number of ketones is 1. The third kappa shape index (κ3) is 2.79. The minimum Gasteiger partial charge on any atom is -0.294 e. The lowest BCUT2D eigenvalue weighted by Crippen LogP contribution is -2.02. The molecule has 0 fully saturated rings. The van der Waals surface area contributed by atoms with Crippen molar-refractivity contribution >= 4 is 21.7 Å². The third-order valence-corrected chi connectivity index (χ3v) is 2.98. The molecule has 0 atom stereocenters. The van der Waals surface area contributed by atoms with Crippen LogP contribution in [0.3, 0.4) is 0 Å². The van der Waals surface area contributed by atoms with E-state index in [0.717, 1.165) is 5.56 Å². The zero-order chi connectivity index (χ0) is 12.4. The molecule has 0 bridgehead atoms. The van der Waals surface area contributed by atoms with Gasteiger partial charge in [-0.1, -0.05) is 6.07 Å². The predicted octanol–water partition coefficient (Wildman–Crippen LogP) is 2.75. The Morgan fingerprint density at radius 3 is 2.88 bits per heavy atom. The Bertz CT molecular complexity index is 565. The van der Waals surface area contributed by atoms with Crippen LogP contribution in [0.25, 0.3) is 0 Å². The highest BCUT2D eigenvalue weighted by atomic mass is 79.9. The van der Waals surface area contributed by atoms with E-state index in [-0.39, 0.29) is 18.0 Å². The standard InChI is InChI=1S/C12H10BrFN2O/c1-16-7-9(6-15-16)12(17)5-8-2-3-11(14)10(13)4-8/h2-4,6-7H,5H2,1H3. The van der Waals surface area contributed by atoms with Crippen LogP contribution in [0, 0.1) is 5.82 Å². The fourth-order valence-electron chi connectivity index (χ4n) is 1.50. The Balaban J connectivity index is 2.15. The zero-order valence-electron chi connectivity index (χ0n) is 9.15.